The molecule has 1 aliphatic heterocycles. The minimum atomic E-state index is -0.214. The van der Waals surface area contributed by atoms with Gasteiger partial charge in [0.1, 0.15) is 0 Å². The third-order valence-corrected chi connectivity index (χ3v) is 3.50. The van der Waals surface area contributed by atoms with Gasteiger partial charge in [0.2, 0.25) is 0 Å². The Balaban J connectivity index is 2.35. The molecule has 0 saturated heterocycles. The molecule has 0 spiro atoms. The first-order valence-electron chi connectivity index (χ1n) is 6.16. The van der Waals surface area contributed by atoms with Gasteiger partial charge in [0.25, 0.3) is 0 Å². The number of aliphatic hydroxyl groups is 1. The van der Waals surface area contributed by atoms with E-state index in [1.54, 1.807) is 0 Å². The quantitative estimate of drug-likeness (QED) is 0.845. The summed E-state index contributed by atoms with van der Waals surface area (Å²) >= 11 is 0. The van der Waals surface area contributed by atoms with Crippen molar-refractivity contribution < 1.29 is 5.11 Å². The van der Waals surface area contributed by atoms with E-state index in [0.29, 0.717) is 5.92 Å². The van der Waals surface area contributed by atoms with Gasteiger partial charge in [-0.1, -0.05) is 12.1 Å². The summed E-state index contributed by atoms with van der Waals surface area (Å²) in [6, 6.07) is 6.50. The van der Waals surface area contributed by atoms with Crippen molar-refractivity contribution in [3.05, 3.63) is 29.3 Å². The van der Waals surface area contributed by atoms with Gasteiger partial charge in [-0.2, -0.15) is 0 Å². The number of anilines is 1. The fraction of sp³-hybridized carbons (Fsp3) is 0.571. The molecule has 1 N–H and O–H groups in total. The molecule has 2 nitrogen and oxygen atoms in total. The van der Waals surface area contributed by atoms with Gasteiger partial charge >= 0.3 is 0 Å². The van der Waals surface area contributed by atoms with Gasteiger partial charge < -0.3 is 10.0 Å². The highest BCUT2D eigenvalue weighted by atomic mass is 16.3. The largest absolute Gasteiger partial charge is 0.393 e. The zero-order chi connectivity index (χ0) is 11.7. The number of aryl methyl sites for hydroxylation is 1. The number of hydrogen-bond acceptors (Lipinski definition) is 2. The average Bonchev–Trinajstić information content (AvgIpc) is 2.57. The van der Waals surface area contributed by atoms with Crippen LogP contribution >= 0.6 is 0 Å². The number of likely N-dealkylation sites (N-methyl/N-ethyl adjacent to an activating group) is 1. The molecule has 2 rings (SSSR count). The van der Waals surface area contributed by atoms with Crippen LogP contribution in [0.1, 0.15) is 37.3 Å². The van der Waals surface area contributed by atoms with Crippen molar-refractivity contribution in [2.45, 2.75) is 39.2 Å². The molecule has 0 aliphatic carbocycles. The first-order valence-corrected chi connectivity index (χ1v) is 6.16. The predicted octanol–water partition coefficient (Wildman–Crippen LogP) is 2.69. The van der Waals surface area contributed by atoms with Gasteiger partial charge in [-0.15, -0.1) is 0 Å². The molecule has 0 saturated carbocycles. The summed E-state index contributed by atoms with van der Waals surface area (Å²) in [5.74, 6) is 0.496. The first kappa shape index (κ1) is 11.5. The Kier molecular flexibility index (Phi) is 3.20. The van der Waals surface area contributed by atoms with Gasteiger partial charge in [0, 0.05) is 24.7 Å². The Hall–Kier alpha value is -1.02. The van der Waals surface area contributed by atoms with Crippen molar-refractivity contribution in [3.63, 3.8) is 0 Å². The minimum absolute atomic E-state index is 0.214. The lowest BCUT2D eigenvalue weighted by Gasteiger charge is -2.17. The predicted molar refractivity (Wildman–Crippen MR) is 68.1 cm³/mol. The molecule has 0 aromatic heterocycles. The Labute approximate surface area is 97.9 Å². The van der Waals surface area contributed by atoms with Crippen molar-refractivity contribution in [3.8, 4) is 0 Å². The van der Waals surface area contributed by atoms with E-state index in [1.165, 1.54) is 16.8 Å². The van der Waals surface area contributed by atoms with Crippen LogP contribution in [0.15, 0.2) is 18.2 Å². The molecule has 1 aromatic rings. The minimum Gasteiger partial charge on any atom is -0.393 e. The standard InChI is InChI=1S/C14H21NO/c1-4-15-9-12(8-11(3)16)14-10(2)6-5-7-13(14)15/h5-7,11-12,16H,4,8-9H2,1-3H3. The Morgan fingerprint density at radius 3 is 2.88 bits per heavy atom. The molecule has 0 amide bonds. The van der Waals surface area contributed by atoms with Crippen LogP contribution in [-0.4, -0.2) is 24.3 Å². The van der Waals surface area contributed by atoms with Crippen molar-refractivity contribution in [2.24, 2.45) is 0 Å². The van der Waals surface area contributed by atoms with E-state index in [-0.39, 0.29) is 6.10 Å². The van der Waals surface area contributed by atoms with E-state index in [0.717, 1.165) is 19.5 Å². The fourth-order valence-electron chi connectivity index (χ4n) is 2.83. The van der Waals surface area contributed by atoms with E-state index >= 15 is 0 Å². The zero-order valence-corrected chi connectivity index (χ0v) is 10.4. The van der Waals surface area contributed by atoms with Gasteiger partial charge in [-0.25, -0.2) is 0 Å². The second-order valence-corrected chi connectivity index (χ2v) is 4.83. The number of aliphatic hydroxyl groups excluding tert-OH is 1. The number of hydrogen-bond donors (Lipinski definition) is 1. The molecule has 0 fully saturated rings. The Morgan fingerprint density at radius 2 is 2.25 bits per heavy atom. The number of fused-ring (bicyclic) bond motifs is 1. The molecule has 1 heterocycles. The SMILES string of the molecule is CCN1CC(CC(C)O)c2c(C)cccc21. The second-order valence-electron chi connectivity index (χ2n) is 4.83. The summed E-state index contributed by atoms with van der Waals surface area (Å²) in [6.45, 7) is 8.35. The molecular weight excluding hydrogens is 198 g/mol. The monoisotopic (exact) mass is 219 g/mol. The molecule has 0 radical (unpaired) electrons. The molecule has 2 heteroatoms. The normalized spacial score (nSPS) is 21.0. The van der Waals surface area contributed by atoms with Crippen molar-refractivity contribution >= 4 is 5.69 Å². The summed E-state index contributed by atoms with van der Waals surface area (Å²) < 4.78 is 0. The van der Waals surface area contributed by atoms with E-state index in [2.05, 4.69) is 36.9 Å². The topological polar surface area (TPSA) is 23.5 Å². The maximum Gasteiger partial charge on any atom is 0.0518 e. The Bertz CT molecular complexity index is 373. The van der Waals surface area contributed by atoms with Crippen LogP contribution in [0.25, 0.3) is 0 Å². The van der Waals surface area contributed by atoms with Crippen LogP contribution in [0.4, 0.5) is 5.69 Å². The van der Waals surface area contributed by atoms with Crippen molar-refractivity contribution in [1.29, 1.82) is 0 Å². The lowest BCUT2D eigenvalue weighted by atomic mass is 9.92. The molecule has 2 unspecified atom stereocenters. The highest BCUT2D eigenvalue weighted by Crippen LogP contribution is 2.40. The van der Waals surface area contributed by atoms with Crippen molar-refractivity contribution in [2.75, 3.05) is 18.0 Å². The number of nitrogens with zero attached hydrogens (tertiary/aromatic N) is 1. The average molecular weight is 219 g/mol. The van der Waals surface area contributed by atoms with Gasteiger partial charge in [0.05, 0.1) is 6.10 Å². The van der Waals surface area contributed by atoms with Crippen LogP contribution in [0, 0.1) is 6.92 Å². The molecule has 1 aromatic carbocycles. The van der Waals surface area contributed by atoms with Crippen LogP contribution in [0.3, 0.4) is 0 Å². The van der Waals surface area contributed by atoms with E-state index in [9.17, 15) is 5.11 Å². The van der Waals surface area contributed by atoms with Gasteiger partial charge in [-0.3, -0.25) is 0 Å². The molecule has 2 atom stereocenters. The van der Waals surface area contributed by atoms with E-state index in [4.69, 9.17) is 0 Å². The van der Waals surface area contributed by atoms with Gasteiger partial charge in [0.15, 0.2) is 0 Å². The van der Waals surface area contributed by atoms with Crippen LogP contribution in [0.2, 0.25) is 0 Å². The maximum absolute atomic E-state index is 9.57. The molecular formula is C14H21NO. The third kappa shape index (κ3) is 1.94. The maximum atomic E-state index is 9.57. The highest BCUT2D eigenvalue weighted by molar-refractivity contribution is 5.62. The lowest BCUT2D eigenvalue weighted by Crippen LogP contribution is -2.22. The van der Waals surface area contributed by atoms with Crippen LogP contribution in [-0.2, 0) is 0 Å². The summed E-state index contributed by atoms with van der Waals surface area (Å²) in [4.78, 5) is 2.41. The van der Waals surface area contributed by atoms with E-state index < -0.39 is 0 Å². The molecule has 88 valence electrons. The first-order chi connectivity index (χ1) is 7.63. The Morgan fingerprint density at radius 1 is 1.50 bits per heavy atom. The summed E-state index contributed by atoms with van der Waals surface area (Å²) in [6.07, 6.45) is 0.656. The smallest absolute Gasteiger partial charge is 0.0518 e. The molecule has 1 aliphatic rings. The zero-order valence-electron chi connectivity index (χ0n) is 10.4. The lowest BCUT2D eigenvalue weighted by molar-refractivity contribution is 0.176. The van der Waals surface area contributed by atoms with Gasteiger partial charge in [-0.05, 0) is 44.4 Å². The van der Waals surface area contributed by atoms with Crippen molar-refractivity contribution in [1.82, 2.24) is 0 Å². The highest BCUT2D eigenvalue weighted by Gasteiger charge is 2.29. The van der Waals surface area contributed by atoms with Crippen LogP contribution in [0.5, 0.6) is 0 Å². The van der Waals surface area contributed by atoms with Crippen LogP contribution < -0.4 is 4.90 Å². The summed E-state index contributed by atoms with van der Waals surface area (Å²) in [5.41, 5.74) is 4.18. The third-order valence-electron chi connectivity index (χ3n) is 3.50. The number of benzene rings is 1. The number of rotatable bonds is 3. The second kappa shape index (κ2) is 4.46. The van der Waals surface area contributed by atoms with E-state index in [1.807, 2.05) is 6.92 Å². The summed E-state index contributed by atoms with van der Waals surface area (Å²) in [5, 5.41) is 9.57. The molecule has 16 heavy (non-hydrogen) atoms. The fourth-order valence-corrected chi connectivity index (χ4v) is 2.83. The summed E-state index contributed by atoms with van der Waals surface area (Å²) in [7, 11) is 0. The molecule has 0 bridgehead atoms.